The highest BCUT2D eigenvalue weighted by Gasteiger charge is 2.10. The Balaban J connectivity index is 1.35. The fourth-order valence-electron chi connectivity index (χ4n) is 4.69. The first kappa shape index (κ1) is 18.7. The zero-order valence-corrected chi connectivity index (χ0v) is 17.7. The van der Waals surface area contributed by atoms with Gasteiger partial charge in [0.1, 0.15) is 0 Å². The van der Waals surface area contributed by atoms with Crippen LogP contribution < -0.4 is 0 Å². The molecule has 0 heterocycles. The first-order valence-electron chi connectivity index (χ1n) is 11.0. The Bertz CT molecular complexity index is 1550. The van der Waals surface area contributed by atoms with Crippen molar-refractivity contribution >= 4 is 38.0 Å². The van der Waals surface area contributed by atoms with E-state index >= 15 is 0 Å². The quantitative estimate of drug-likeness (QED) is 0.201. The molecule has 152 valence electrons. The first-order valence-corrected chi connectivity index (χ1v) is 11.0. The molecule has 0 aliphatic rings. The van der Waals surface area contributed by atoms with Crippen molar-refractivity contribution in [2.24, 2.45) is 10.2 Å². The summed E-state index contributed by atoms with van der Waals surface area (Å²) in [5.74, 6) is 0. The van der Waals surface area contributed by atoms with Crippen LogP contribution in [0.1, 0.15) is 16.7 Å². The summed E-state index contributed by atoms with van der Waals surface area (Å²) in [6, 6.07) is 38.6. The zero-order chi connectivity index (χ0) is 21.3. The number of hydrogen-bond acceptors (Lipinski definition) is 2. The lowest BCUT2D eigenvalue weighted by Gasteiger charge is -2.12. The molecule has 0 aliphatic carbocycles. The second-order valence-corrected chi connectivity index (χ2v) is 8.27. The van der Waals surface area contributed by atoms with E-state index in [1.165, 1.54) is 49.0 Å². The monoisotopic (exact) mass is 410 g/mol. The van der Waals surface area contributed by atoms with Gasteiger partial charge in [0.05, 0.1) is 12.2 Å². The van der Waals surface area contributed by atoms with Crippen molar-refractivity contribution in [3.8, 4) is 0 Å². The number of rotatable bonds is 5. The Hall–Kier alpha value is -4.04. The fraction of sp³-hybridized carbons (Fsp3) is 0.0667. The minimum atomic E-state index is 0.563. The van der Waals surface area contributed by atoms with E-state index in [-0.39, 0.29) is 0 Å². The minimum absolute atomic E-state index is 0.563. The molecule has 0 aromatic heterocycles. The van der Waals surface area contributed by atoms with Crippen molar-refractivity contribution in [1.29, 1.82) is 0 Å². The average molecular weight is 411 g/mol. The minimum Gasteiger partial charge on any atom is -0.184 e. The maximum atomic E-state index is 4.63. The van der Waals surface area contributed by atoms with Crippen LogP contribution in [0, 0.1) is 0 Å². The third kappa shape index (κ3) is 3.30. The van der Waals surface area contributed by atoms with Gasteiger partial charge in [-0.2, -0.15) is 10.2 Å². The Morgan fingerprint density at radius 2 is 1.19 bits per heavy atom. The molecule has 0 saturated heterocycles. The second-order valence-electron chi connectivity index (χ2n) is 8.27. The summed E-state index contributed by atoms with van der Waals surface area (Å²) in [6.45, 7) is 0.563. The molecule has 0 fully saturated rings. The average Bonchev–Trinajstić information content (AvgIpc) is 2.85. The topological polar surface area (TPSA) is 24.7 Å². The lowest BCUT2D eigenvalue weighted by atomic mass is 9.92. The van der Waals surface area contributed by atoms with Gasteiger partial charge in [0.25, 0.3) is 0 Å². The molecular formula is C30H22N2. The molecule has 6 aromatic rings. The van der Waals surface area contributed by atoms with Crippen LogP contribution in [-0.2, 0) is 13.0 Å². The van der Waals surface area contributed by atoms with Crippen LogP contribution in [0.4, 0.5) is 5.69 Å². The summed E-state index contributed by atoms with van der Waals surface area (Å²) >= 11 is 0. The molecular weight excluding hydrogens is 388 g/mol. The summed E-state index contributed by atoms with van der Waals surface area (Å²) in [4.78, 5) is 0. The molecule has 6 aromatic carbocycles. The van der Waals surface area contributed by atoms with Crippen LogP contribution >= 0.6 is 0 Å². The molecule has 0 saturated carbocycles. The van der Waals surface area contributed by atoms with Gasteiger partial charge in [-0.05, 0) is 61.5 Å². The van der Waals surface area contributed by atoms with E-state index in [0.29, 0.717) is 6.54 Å². The molecule has 0 radical (unpaired) electrons. The van der Waals surface area contributed by atoms with Gasteiger partial charge in [-0.15, -0.1) is 0 Å². The Kier molecular flexibility index (Phi) is 4.62. The van der Waals surface area contributed by atoms with Crippen molar-refractivity contribution in [1.82, 2.24) is 0 Å². The summed E-state index contributed by atoms with van der Waals surface area (Å²) < 4.78 is 0. The maximum Gasteiger partial charge on any atom is 0.0887 e. The molecule has 0 aliphatic heterocycles. The molecule has 0 unspecified atom stereocenters. The van der Waals surface area contributed by atoms with Crippen LogP contribution in [0.5, 0.6) is 0 Å². The van der Waals surface area contributed by atoms with E-state index in [2.05, 4.69) is 101 Å². The summed E-state index contributed by atoms with van der Waals surface area (Å²) in [5, 5.41) is 17.0. The molecule has 0 N–H and O–H groups in total. The Labute approximate surface area is 187 Å². The van der Waals surface area contributed by atoms with Crippen molar-refractivity contribution in [2.75, 3.05) is 0 Å². The van der Waals surface area contributed by atoms with Gasteiger partial charge >= 0.3 is 0 Å². The van der Waals surface area contributed by atoms with Crippen LogP contribution in [0.3, 0.4) is 0 Å². The smallest absolute Gasteiger partial charge is 0.0887 e. The summed E-state index contributed by atoms with van der Waals surface area (Å²) in [6.07, 6.45) is 0.856. The third-order valence-corrected chi connectivity index (χ3v) is 6.27. The van der Waals surface area contributed by atoms with Gasteiger partial charge in [0, 0.05) is 0 Å². The lowest BCUT2D eigenvalue weighted by molar-refractivity contribution is 0.961. The van der Waals surface area contributed by atoms with E-state index in [1.54, 1.807) is 0 Å². The van der Waals surface area contributed by atoms with Crippen molar-refractivity contribution < 1.29 is 0 Å². The van der Waals surface area contributed by atoms with Crippen molar-refractivity contribution in [2.45, 2.75) is 13.0 Å². The lowest BCUT2D eigenvalue weighted by Crippen LogP contribution is -1.89. The predicted molar refractivity (Wildman–Crippen MR) is 134 cm³/mol. The third-order valence-electron chi connectivity index (χ3n) is 6.27. The normalized spacial score (nSPS) is 11.9. The van der Waals surface area contributed by atoms with Crippen LogP contribution in [-0.4, -0.2) is 0 Å². The molecule has 0 atom stereocenters. The van der Waals surface area contributed by atoms with Crippen LogP contribution in [0.25, 0.3) is 32.3 Å². The molecule has 2 nitrogen and oxygen atoms in total. The predicted octanol–water partition coefficient (Wildman–Crippen LogP) is 8.46. The molecule has 32 heavy (non-hydrogen) atoms. The van der Waals surface area contributed by atoms with Gasteiger partial charge < -0.3 is 0 Å². The maximum absolute atomic E-state index is 4.63. The summed E-state index contributed by atoms with van der Waals surface area (Å²) in [5.41, 5.74) is 4.62. The fourth-order valence-corrected chi connectivity index (χ4v) is 4.69. The Morgan fingerprint density at radius 1 is 0.500 bits per heavy atom. The zero-order valence-electron chi connectivity index (χ0n) is 17.7. The molecule has 6 rings (SSSR count). The highest BCUT2D eigenvalue weighted by Crippen LogP contribution is 2.36. The van der Waals surface area contributed by atoms with E-state index in [4.69, 9.17) is 0 Å². The van der Waals surface area contributed by atoms with E-state index < -0.39 is 0 Å². The van der Waals surface area contributed by atoms with E-state index in [9.17, 15) is 0 Å². The number of benzene rings is 6. The largest absolute Gasteiger partial charge is 0.184 e. The molecule has 0 bridgehead atoms. The molecule has 2 heteroatoms. The van der Waals surface area contributed by atoms with Gasteiger partial charge in [0.15, 0.2) is 0 Å². The summed E-state index contributed by atoms with van der Waals surface area (Å²) in [7, 11) is 0. The van der Waals surface area contributed by atoms with Crippen LogP contribution in [0.15, 0.2) is 119 Å². The van der Waals surface area contributed by atoms with Crippen molar-refractivity contribution in [3.05, 3.63) is 126 Å². The first-order chi connectivity index (χ1) is 15.9. The molecule has 0 spiro atoms. The highest BCUT2D eigenvalue weighted by molar-refractivity contribution is 6.23. The SMILES string of the molecule is c1ccc(Cc2ccccc2N=NCc2ccc3ccc4cccc5ccc2c3c45)cc1. The van der Waals surface area contributed by atoms with Gasteiger partial charge in [-0.25, -0.2) is 0 Å². The Morgan fingerprint density at radius 3 is 2.03 bits per heavy atom. The number of hydrogen-bond donors (Lipinski definition) is 0. The molecule has 0 amide bonds. The van der Waals surface area contributed by atoms with Crippen LogP contribution in [0.2, 0.25) is 0 Å². The standard InChI is InChI=1S/C30H22N2/c1-2-7-21(8-3-1)19-25-9-4-5-12-28(25)32-31-20-26-16-15-24-14-13-22-10-6-11-23-17-18-27(26)30(24)29(22)23/h1-18H,19-20H2. The number of azo groups is 1. The van der Waals surface area contributed by atoms with Crippen molar-refractivity contribution in [3.63, 3.8) is 0 Å². The van der Waals surface area contributed by atoms with E-state index in [1.807, 2.05) is 18.2 Å². The van der Waals surface area contributed by atoms with E-state index in [0.717, 1.165) is 12.1 Å². The van der Waals surface area contributed by atoms with Gasteiger partial charge in [-0.1, -0.05) is 103 Å². The van der Waals surface area contributed by atoms with Gasteiger partial charge in [0.2, 0.25) is 0 Å². The number of nitrogens with zero attached hydrogens (tertiary/aromatic N) is 2. The highest BCUT2D eigenvalue weighted by atomic mass is 15.1. The second kappa shape index (κ2) is 7.90. The van der Waals surface area contributed by atoms with Gasteiger partial charge in [-0.3, -0.25) is 0 Å².